The maximum absolute atomic E-state index is 12.9. The zero-order chi connectivity index (χ0) is 25.4. The van der Waals surface area contributed by atoms with Crippen LogP contribution in [-0.4, -0.2) is 16.1 Å². The molecule has 4 heterocycles. The number of benzene rings is 2. The summed E-state index contributed by atoms with van der Waals surface area (Å²) in [6.07, 6.45) is -4.47. The highest BCUT2D eigenvalue weighted by Gasteiger charge is 2.94. The van der Waals surface area contributed by atoms with E-state index in [0.717, 1.165) is 81.2 Å². The molecule has 6 fully saturated rings. The van der Waals surface area contributed by atoms with Gasteiger partial charge in [0.15, 0.2) is 0 Å². The van der Waals surface area contributed by atoms with Crippen molar-refractivity contribution >= 4 is 28.3 Å². The zero-order valence-corrected chi connectivity index (χ0v) is 21.8. The normalized spacial score (nSPS) is 43.6. The fraction of sp³-hybridized carbons (Fsp3) is 0.429. The summed E-state index contributed by atoms with van der Waals surface area (Å²) >= 11 is 0. The molecule has 2 aromatic carbocycles. The summed E-state index contributed by atoms with van der Waals surface area (Å²) in [5.74, 6) is 3.21. The lowest BCUT2D eigenvalue weighted by atomic mass is 9.45. The molecule has 8 rings (SSSR count). The third-order valence-electron chi connectivity index (χ3n) is 10.8. The molecular formula is C28H26F6Si2. The van der Waals surface area contributed by atoms with Gasteiger partial charge in [-0.2, -0.15) is 26.3 Å². The van der Waals surface area contributed by atoms with Gasteiger partial charge in [-0.1, -0.05) is 60.9 Å². The van der Waals surface area contributed by atoms with Crippen molar-refractivity contribution in [1.82, 2.24) is 0 Å². The maximum atomic E-state index is 12.9. The van der Waals surface area contributed by atoms with E-state index in [1.807, 2.05) is 0 Å². The molecule has 2 aromatic rings. The summed E-state index contributed by atoms with van der Waals surface area (Å²) in [6, 6.07) is 10.9. The Balaban J connectivity index is 1.09. The average Bonchev–Trinajstić information content (AvgIpc) is 3.22. The van der Waals surface area contributed by atoms with Gasteiger partial charge in [0.05, 0.1) is 27.3 Å². The summed E-state index contributed by atoms with van der Waals surface area (Å²) < 4.78 is 77.3. The van der Waals surface area contributed by atoms with Crippen molar-refractivity contribution in [3.63, 3.8) is 0 Å². The number of alkyl halides is 6. The maximum Gasteiger partial charge on any atom is 0.416 e. The van der Waals surface area contributed by atoms with E-state index in [9.17, 15) is 26.3 Å². The van der Waals surface area contributed by atoms with Gasteiger partial charge >= 0.3 is 12.4 Å². The molecule has 4 saturated heterocycles. The largest absolute Gasteiger partial charge is 0.416 e. The Morgan fingerprint density at radius 2 is 0.806 bits per heavy atom. The van der Waals surface area contributed by atoms with E-state index < -0.39 is 39.6 Å². The van der Waals surface area contributed by atoms with Crippen molar-refractivity contribution in [2.45, 2.75) is 47.6 Å². The molecule has 36 heavy (non-hydrogen) atoms. The highest BCUT2D eigenvalue weighted by Crippen LogP contribution is 3.00. The van der Waals surface area contributed by atoms with E-state index in [-0.39, 0.29) is 0 Å². The van der Waals surface area contributed by atoms with Gasteiger partial charge in [0.2, 0.25) is 0 Å². The van der Waals surface area contributed by atoms with Crippen molar-refractivity contribution in [2.75, 3.05) is 0 Å². The topological polar surface area (TPSA) is 0 Å². The van der Waals surface area contributed by atoms with Crippen molar-refractivity contribution in [1.29, 1.82) is 0 Å². The van der Waals surface area contributed by atoms with Gasteiger partial charge in [-0.05, 0) is 81.2 Å². The second-order valence-electron chi connectivity index (χ2n) is 12.1. The third-order valence-corrected chi connectivity index (χ3v) is 21.4. The summed E-state index contributed by atoms with van der Waals surface area (Å²) in [5, 5.41) is 0. The summed E-state index contributed by atoms with van der Waals surface area (Å²) in [5.41, 5.74) is 8.54. The van der Waals surface area contributed by atoms with Crippen molar-refractivity contribution < 1.29 is 26.3 Å². The zero-order valence-electron chi connectivity index (χ0n) is 19.8. The van der Waals surface area contributed by atoms with Gasteiger partial charge in [-0.3, -0.25) is 0 Å². The SMILES string of the molecule is C[Si]1(/C=C/c2ccc(C(F)(F)F)cc2)C2C3C4C1C1C2C3[Si](C)(/C=C/c2ccc(C(F)(F)F)cc2)C41. The van der Waals surface area contributed by atoms with E-state index in [1.165, 1.54) is 0 Å². The quantitative estimate of drug-likeness (QED) is 0.273. The van der Waals surface area contributed by atoms with Crippen LogP contribution in [0.1, 0.15) is 22.3 Å². The van der Waals surface area contributed by atoms with Crippen molar-refractivity contribution in [2.24, 2.45) is 23.7 Å². The van der Waals surface area contributed by atoms with Crippen LogP contribution in [0.25, 0.3) is 12.2 Å². The lowest BCUT2D eigenvalue weighted by Crippen LogP contribution is -2.48. The van der Waals surface area contributed by atoms with Crippen LogP contribution in [0.15, 0.2) is 59.9 Å². The van der Waals surface area contributed by atoms with Gasteiger partial charge in [0.1, 0.15) is 0 Å². The van der Waals surface area contributed by atoms with Gasteiger partial charge in [-0.25, -0.2) is 0 Å². The lowest BCUT2D eigenvalue weighted by Gasteiger charge is -2.60. The molecule has 0 spiro atoms. The first-order chi connectivity index (χ1) is 16.9. The first-order valence-electron chi connectivity index (χ1n) is 12.6. The Morgan fingerprint density at radius 1 is 0.528 bits per heavy atom. The van der Waals surface area contributed by atoms with Crippen LogP contribution in [0.2, 0.25) is 35.3 Å². The molecule has 2 saturated carbocycles. The van der Waals surface area contributed by atoms with Crippen molar-refractivity contribution in [3.8, 4) is 0 Å². The minimum Gasteiger partial charge on any atom is -0.166 e. The first kappa shape index (κ1) is 23.1. The molecule has 4 bridgehead atoms. The molecule has 4 aliphatic heterocycles. The highest BCUT2D eigenvalue weighted by molar-refractivity contribution is 6.95. The summed E-state index contributed by atoms with van der Waals surface area (Å²) in [4.78, 5) is 0. The van der Waals surface area contributed by atoms with E-state index in [4.69, 9.17) is 0 Å². The third kappa shape index (κ3) is 2.72. The Bertz CT molecular complexity index is 1140. The van der Waals surface area contributed by atoms with Crippen LogP contribution >= 0.6 is 0 Å². The molecular weight excluding hydrogens is 506 g/mol. The Kier molecular flexibility index (Phi) is 4.40. The summed E-state index contributed by atoms with van der Waals surface area (Å²) in [7, 11) is -3.28. The smallest absolute Gasteiger partial charge is 0.166 e. The molecule has 6 aliphatic rings. The molecule has 0 unspecified atom stereocenters. The van der Waals surface area contributed by atoms with Crippen LogP contribution in [0.5, 0.6) is 0 Å². The van der Waals surface area contributed by atoms with E-state index in [2.05, 4.69) is 36.6 Å². The molecule has 2 aliphatic carbocycles. The number of hydrogen-bond acceptors (Lipinski definition) is 0. The van der Waals surface area contributed by atoms with Crippen LogP contribution < -0.4 is 0 Å². The monoisotopic (exact) mass is 532 g/mol. The van der Waals surface area contributed by atoms with Crippen LogP contribution in [0.3, 0.4) is 0 Å². The predicted molar refractivity (Wildman–Crippen MR) is 133 cm³/mol. The van der Waals surface area contributed by atoms with E-state index in [0.29, 0.717) is 0 Å². The molecule has 8 heteroatoms. The molecule has 0 amide bonds. The Labute approximate surface area is 208 Å². The Morgan fingerprint density at radius 3 is 1.06 bits per heavy atom. The molecule has 0 aromatic heterocycles. The predicted octanol–water partition coefficient (Wildman–Crippen LogP) is 8.70. The van der Waals surface area contributed by atoms with Gasteiger partial charge in [0, 0.05) is 0 Å². The summed E-state index contributed by atoms with van der Waals surface area (Å²) in [6.45, 7) is 5.00. The standard InChI is InChI=1S/C28H26F6Si2/c1-35(13-11-15-3-7-17(8-4-15)27(29,30)31)23-19-20-24(35)22-21(23)25(19)36(2,26(20)22)14-12-16-5-9-18(10-6-16)28(32,33)34/h3-14,19-26H,1-2H3/b13-11+,14-12+. The molecule has 0 radical (unpaired) electrons. The van der Waals surface area contributed by atoms with Gasteiger partial charge in [-0.15, -0.1) is 0 Å². The van der Waals surface area contributed by atoms with Crippen LogP contribution in [0, 0.1) is 23.7 Å². The minimum atomic E-state index is -4.31. The van der Waals surface area contributed by atoms with E-state index >= 15 is 0 Å². The number of rotatable bonds is 4. The lowest BCUT2D eigenvalue weighted by molar-refractivity contribution is -0.138. The number of halogens is 6. The fourth-order valence-corrected chi connectivity index (χ4v) is 23.6. The van der Waals surface area contributed by atoms with Crippen LogP contribution in [-0.2, 0) is 12.4 Å². The first-order valence-corrected chi connectivity index (χ1v) is 18.1. The van der Waals surface area contributed by atoms with Crippen LogP contribution in [0.4, 0.5) is 26.3 Å². The van der Waals surface area contributed by atoms with Crippen molar-refractivity contribution in [3.05, 3.63) is 82.2 Å². The fourth-order valence-electron chi connectivity index (χ4n) is 9.87. The second kappa shape index (κ2) is 6.87. The van der Waals surface area contributed by atoms with Gasteiger partial charge < -0.3 is 0 Å². The molecule has 0 nitrogen and oxygen atoms in total. The molecule has 188 valence electrons. The Hall–Kier alpha value is -2.07. The molecule has 0 atom stereocenters. The highest BCUT2D eigenvalue weighted by atomic mass is 28.3. The number of hydrogen-bond donors (Lipinski definition) is 0. The minimum absolute atomic E-state index is 0.611. The van der Waals surface area contributed by atoms with Gasteiger partial charge in [0.25, 0.3) is 0 Å². The van der Waals surface area contributed by atoms with E-state index in [1.54, 1.807) is 24.3 Å². The second-order valence-corrected chi connectivity index (χ2v) is 20.8. The molecule has 0 N–H and O–H groups in total. The average molecular weight is 533 g/mol.